The van der Waals surface area contributed by atoms with Crippen molar-refractivity contribution in [2.75, 3.05) is 11.5 Å². The summed E-state index contributed by atoms with van der Waals surface area (Å²) in [6.07, 6.45) is 4.44. The fourth-order valence-corrected chi connectivity index (χ4v) is 5.06. The van der Waals surface area contributed by atoms with Crippen LogP contribution in [0.5, 0.6) is 5.75 Å². The summed E-state index contributed by atoms with van der Waals surface area (Å²) in [5, 5.41) is 4.12. The number of hydrogen-bond donors (Lipinski definition) is 0. The van der Waals surface area contributed by atoms with Crippen molar-refractivity contribution in [3.8, 4) is 17.1 Å². The molecule has 2 heterocycles. The normalized spacial score (nSPS) is 20.2. The topological polar surface area (TPSA) is 88.8 Å². The molecule has 3 amide bonds. The van der Waals surface area contributed by atoms with E-state index in [1.807, 2.05) is 55.5 Å². The summed E-state index contributed by atoms with van der Waals surface area (Å²) in [5.74, 6) is 1.25. The molecule has 2 aromatic carbocycles. The van der Waals surface area contributed by atoms with Gasteiger partial charge in [0, 0.05) is 11.6 Å². The Bertz CT molecular complexity index is 1190. The maximum Gasteiger partial charge on any atom is 0.332 e. The first-order valence-electron chi connectivity index (χ1n) is 12.4. The van der Waals surface area contributed by atoms with Gasteiger partial charge in [-0.05, 0) is 68.1 Å². The number of hydrogen-bond acceptors (Lipinski definition) is 6. The fraction of sp³-hybridized carbons (Fsp3) is 0.407. The average molecular weight is 475 g/mol. The number of ether oxygens (including phenoxy) is 1. The van der Waals surface area contributed by atoms with E-state index in [2.05, 4.69) is 17.1 Å². The molecule has 2 atom stereocenters. The first-order valence-corrected chi connectivity index (χ1v) is 12.4. The summed E-state index contributed by atoms with van der Waals surface area (Å²) in [6.45, 7) is 4.78. The molecule has 2 fully saturated rings. The number of amides is 3. The highest BCUT2D eigenvalue weighted by Gasteiger charge is 2.48. The molecule has 1 saturated carbocycles. The molecule has 1 aliphatic heterocycles. The van der Waals surface area contributed by atoms with Crippen LogP contribution < -0.4 is 9.64 Å². The van der Waals surface area contributed by atoms with E-state index in [9.17, 15) is 9.59 Å². The van der Waals surface area contributed by atoms with Crippen molar-refractivity contribution < 1.29 is 18.8 Å². The van der Waals surface area contributed by atoms with Crippen LogP contribution in [-0.2, 0) is 17.8 Å². The Balaban J connectivity index is 1.40. The van der Waals surface area contributed by atoms with Crippen LogP contribution in [0.3, 0.4) is 0 Å². The van der Waals surface area contributed by atoms with E-state index < -0.39 is 0 Å². The highest BCUT2D eigenvalue weighted by molar-refractivity contribution is 6.17. The molecule has 0 bridgehead atoms. The Morgan fingerprint density at radius 2 is 1.74 bits per heavy atom. The first-order chi connectivity index (χ1) is 17.1. The molecule has 8 heteroatoms. The molecule has 2 unspecified atom stereocenters. The van der Waals surface area contributed by atoms with Crippen LogP contribution in [0.4, 0.5) is 10.5 Å². The summed E-state index contributed by atoms with van der Waals surface area (Å²) in [6, 6.07) is 14.6. The van der Waals surface area contributed by atoms with Crippen LogP contribution in [0.15, 0.2) is 53.1 Å². The zero-order chi connectivity index (χ0) is 24.4. The van der Waals surface area contributed by atoms with Gasteiger partial charge in [-0.2, -0.15) is 4.98 Å². The van der Waals surface area contributed by atoms with Crippen LogP contribution in [-0.4, -0.2) is 39.6 Å². The van der Waals surface area contributed by atoms with Crippen molar-refractivity contribution in [2.24, 2.45) is 5.92 Å². The van der Waals surface area contributed by atoms with Gasteiger partial charge in [-0.15, -0.1) is 0 Å². The van der Waals surface area contributed by atoms with E-state index in [1.165, 1.54) is 4.90 Å². The van der Waals surface area contributed by atoms with Gasteiger partial charge in [-0.25, -0.2) is 9.69 Å². The predicted molar refractivity (Wildman–Crippen MR) is 131 cm³/mol. The molecule has 1 aromatic heterocycles. The van der Waals surface area contributed by atoms with E-state index in [4.69, 9.17) is 9.26 Å². The molecule has 1 saturated heterocycles. The minimum absolute atomic E-state index is 0.110. The molecule has 182 valence electrons. The van der Waals surface area contributed by atoms with Gasteiger partial charge in [0.05, 0.1) is 18.2 Å². The molecular weight excluding hydrogens is 444 g/mol. The van der Waals surface area contributed by atoms with Crippen molar-refractivity contribution >= 4 is 17.6 Å². The van der Waals surface area contributed by atoms with Gasteiger partial charge in [0.2, 0.25) is 17.6 Å². The van der Waals surface area contributed by atoms with Gasteiger partial charge in [-0.3, -0.25) is 4.79 Å². The minimum Gasteiger partial charge on any atom is -0.494 e. The lowest BCUT2D eigenvalue weighted by atomic mass is 9.81. The molecule has 0 spiro atoms. The Kier molecular flexibility index (Phi) is 6.53. The van der Waals surface area contributed by atoms with Crippen molar-refractivity contribution in [3.05, 3.63) is 60.0 Å². The van der Waals surface area contributed by atoms with E-state index >= 15 is 0 Å². The predicted octanol–water partition coefficient (Wildman–Crippen LogP) is 5.23. The van der Waals surface area contributed by atoms with Gasteiger partial charge >= 0.3 is 6.03 Å². The molecular formula is C27H30N4O4. The van der Waals surface area contributed by atoms with Crippen molar-refractivity contribution in [2.45, 2.75) is 58.5 Å². The highest BCUT2D eigenvalue weighted by Crippen LogP contribution is 2.37. The van der Waals surface area contributed by atoms with Crippen molar-refractivity contribution in [3.63, 3.8) is 0 Å². The van der Waals surface area contributed by atoms with Crippen molar-refractivity contribution in [1.82, 2.24) is 15.0 Å². The maximum atomic E-state index is 13.7. The number of rotatable bonds is 7. The largest absolute Gasteiger partial charge is 0.494 e. The molecule has 8 nitrogen and oxygen atoms in total. The van der Waals surface area contributed by atoms with Crippen LogP contribution >= 0.6 is 0 Å². The zero-order valence-electron chi connectivity index (χ0n) is 20.1. The van der Waals surface area contributed by atoms with Gasteiger partial charge in [0.1, 0.15) is 12.3 Å². The highest BCUT2D eigenvalue weighted by atomic mass is 16.5. The van der Waals surface area contributed by atoms with Crippen LogP contribution in [0.2, 0.25) is 0 Å². The number of carbonyl (C=O) groups excluding carboxylic acids is 2. The van der Waals surface area contributed by atoms with E-state index in [0.29, 0.717) is 24.0 Å². The Morgan fingerprint density at radius 1 is 1.00 bits per heavy atom. The van der Waals surface area contributed by atoms with Crippen LogP contribution in [0.1, 0.15) is 51.0 Å². The Morgan fingerprint density at radius 3 is 2.46 bits per heavy atom. The average Bonchev–Trinajstić information content (AvgIpc) is 3.36. The number of benzene rings is 2. The molecule has 0 N–H and O–H groups in total. The smallest absolute Gasteiger partial charge is 0.332 e. The second-order valence-electron chi connectivity index (χ2n) is 9.03. The number of urea groups is 1. The van der Waals surface area contributed by atoms with Crippen LogP contribution in [0.25, 0.3) is 11.4 Å². The zero-order valence-corrected chi connectivity index (χ0v) is 20.1. The van der Waals surface area contributed by atoms with Crippen LogP contribution in [0, 0.1) is 5.92 Å². The maximum absolute atomic E-state index is 13.7. The first kappa shape index (κ1) is 23.1. The summed E-state index contributed by atoms with van der Waals surface area (Å²) >= 11 is 0. The van der Waals surface area contributed by atoms with Crippen molar-refractivity contribution in [1.29, 1.82) is 0 Å². The fourth-order valence-electron chi connectivity index (χ4n) is 5.06. The summed E-state index contributed by atoms with van der Waals surface area (Å²) in [7, 11) is 0. The van der Waals surface area contributed by atoms with E-state index in [-0.39, 0.29) is 30.4 Å². The molecule has 2 aliphatic rings. The quantitative estimate of drug-likeness (QED) is 0.466. The third-order valence-electron chi connectivity index (χ3n) is 6.90. The third kappa shape index (κ3) is 4.52. The monoisotopic (exact) mass is 474 g/mol. The Hall–Kier alpha value is -3.68. The van der Waals surface area contributed by atoms with Gasteiger partial charge in [0.15, 0.2) is 0 Å². The lowest BCUT2D eigenvalue weighted by molar-refractivity contribution is -0.127. The number of aryl methyl sites for hydroxylation is 1. The van der Waals surface area contributed by atoms with Gasteiger partial charge < -0.3 is 14.2 Å². The standard InChI is InChI=1S/C27H30N4O4/c1-3-18-9-13-20(14-10-18)31-26(32)22-7-5-6-8-23(22)30(27(31)33)17-24-28-25(29-35-24)19-11-15-21(16-12-19)34-4-2/h9-16,22-23H,3-8,17H2,1-2H3. The number of nitrogens with zero attached hydrogens (tertiary/aromatic N) is 4. The SMILES string of the molecule is CCOc1ccc(-c2noc(CN3C(=O)N(c4ccc(CC)cc4)C(=O)C4CCCCC43)n2)cc1. The second-order valence-corrected chi connectivity index (χ2v) is 9.03. The lowest BCUT2D eigenvalue weighted by Gasteiger charge is -2.46. The number of anilines is 1. The summed E-state index contributed by atoms with van der Waals surface area (Å²) in [4.78, 5) is 34.7. The summed E-state index contributed by atoms with van der Waals surface area (Å²) in [5.41, 5.74) is 2.56. The molecule has 0 radical (unpaired) electrons. The summed E-state index contributed by atoms with van der Waals surface area (Å²) < 4.78 is 11.0. The minimum atomic E-state index is -0.330. The number of imide groups is 1. The lowest BCUT2D eigenvalue weighted by Crippen LogP contribution is -2.62. The molecule has 1 aliphatic carbocycles. The number of fused-ring (bicyclic) bond motifs is 1. The molecule has 3 aromatic rings. The Labute approximate surface area is 204 Å². The molecule has 5 rings (SSSR count). The van der Waals surface area contributed by atoms with E-state index in [1.54, 1.807) is 4.90 Å². The molecule has 35 heavy (non-hydrogen) atoms. The number of carbonyl (C=O) groups is 2. The second kappa shape index (κ2) is 9.90. The number of aromatic nitrogens is 2. The van der Waals surface area contributed by atoms with E-state index in [0.717, 1.165) is 49.0 Å². The van der Waals surface area contributed by atoms with Gasteiger partial charge in [-0.1, -0.05) is 37.1 Å². The third-order valence-corrected chi connectivity index (χ3v) is 6.90. The van der Waals surface area contributed by atoms with Gasteiger partial charge in [0.25, 0.3) is 0 Å².